The van der Waals surface area contributed by atoms with Crippen LogP contribution in [0.2, 0.25) is 0 Å². The van der Waals surface area contributed by atoms with Gasteiger partial charge in [0.05, 0.1) is 11.8 Å². The van der Waals surface area contributed by atoms with E-state index >= 15 is 0 Å². The molecule has 1 N–H and O–H groups in total. The summed E-state index contributed by atoms with van der Waals surface area (Å²) in [5.74, 6) is -2.23. The molecule has 0 bridgehead atoms. The molecule has 0 saturated heterocycles. The lowest BCUT2D eigenvalue weighted by atomic mass is 10.3. The van der Waals surface area contributed by atoms with E-state index < -0.39 is 26.9 Å². The van der Waals surface area contributed by atoms with Crippen molar-refractivity contribution in [3.05, 3.63) is 29.8 Å². The van der Waals surface area contributed by atoms with Gasteiger partial charge in [0.15, 0.2) is 16.9 Å². The van der Waals surface area contributed by atoms with Crippen LogP contribution in [0.5, 0.6) is 0 Å². The third-order valence-electron chi connectivity index (χ3n) is 2.07. The Kier molecular flexibility index (Phi) is 4.02. The van der Waals surface area contributed by atoms with E-state index in [4.69, 9.17) is 5.26 Å². The number of nitriles is 1. The van der Waals surface area contributed by atoms with Crippen molar-refractivity contribution in [3.8, 4) is 6.07 Å². The third-order valence-corrected chi connectivity index (χ3v) is 3.78. The maximum atomic E-state index is 12.8. The highest BCUT2D eigenvalue weighted by molar-refractivity contribution is 7.93. The number of hydrogen-bond acceptors (Lipinski definition) is 3. The molecule has 92 valence electrons. The summed E-state index contributed by atoms with van der Waals surface area (Å²) >= 11 is 0. The molecule has 0 saturated carbocycles. The van der Waals surface area contributed by atoms with Gasteiger partial charge in [-0.15, -0.1) is 0 Å². The molecule has 1 unspecified atom stereocenters. The lowest BCUT2D eigenvalue weighted by molar-refractivity contribution is 0.509. The fourth-order valence-electron chi connectivity index (χ4n) is 1.18. The first-order chi connectivity index (χ1) is 7.90. The fourth-order valence-corrected chi connectivity index (χ4v) is 2.35. The summed E-state index contributed by atoms with van der Waals surface area (Å²) < 4.78 is 50.7. The number of nitrogens with one attached hydrogen (secondary N) is 1. The highest BCUT2D eigenvalue weighted by atomic mass is 32.2. The molecule has 1 aromatic carbocycles. The van der Waals surface area contributed by atoms with Gasteiger partial charge in [0.1, 0.15) is 0 Å². The molecule has 0 aliphatic carbocycles. The average Bonchev–Trinajstić information content (AvgIpc) is 2.24. The highest BCUT2D eigenvalue weighted by Gasteiger charge is 2.23. The molecular weight excluding hydrogens is 250 g/mol. The summed E-state index contributed by atoms with van der Waals surface area (Å²) in [4.78, 5) is 0. The first-order valence-electron chi connectivity index (χ1n) is 4.77. The number of benzene rings is 1. The number of rotatable bonds is 4. The monoisotopic (exact) mass is 260 g/mol. The molecule has 17 heavy (non-hydrogen) atoms. The van der Waals surface area contributed by atoms with Crippen LogP contribution in [0.15, 0.2) is 18.2 Å². The molecular formula is C10H10F2N2O2S. The van der Waals surface area contributed by atoms with Crippen molar-refractivity contribution in [2.75, 3.05) is 4.72 Å². The van der Waals surface area contributed by atoms with Crippen molar-refractivity contribution < 1.29 is 17.2 Å². The van der Waals surface area contributed by atoms with Gasteiger partial charge in [-0.05, 0) is 18.6 Å². The first kappa shape index (κ1) is 13.4. The number of sulfonamides is 1. The summed E-state index contributed by atoms with van der Waals surface area (Å²) in [6.07, 6.45) is 0.107. The van der Waals surface area contributed by atoms with E-state index in [1.807, 2.05) is 4.72 Å². The Balaban J connectivity index is 2.99. The summed E-state index contributed by atoms with van der Waals surface area (Å²) in [5.41, 5.74) is -0.113. The molecule has 4 nitrogen and oxygen atoms in total. The van der Waals surface area contributed by atoms with Gasteiger partial charge >= 0.3 is 0 Å². The predicted octanol–water partition coefficient (Wildman–Crippen LogP) is 2.01. The van der Waals surface area contributed by atoms with Crippen molar-refractivity contribution >= 4 is 15.7 Å². The van der Waals surface area contributed by atoms with Crippen LogP contribution in [0.1, 0.15) is 13.3 Å². The summed E-state index contributed by atoms with van der Waals surface area (Å²) in [5, 5.41) is 7.41. The Bertz CT molecular complexity index is 552. The Morgan fingerprint density at radius 2 is 2.06 bits per heavy atom. The topological polar surface area (TPSA) is 70.0 Å². The molecule has 0 aliphatic rings. The van der Waals surface area contributed by atoms with Crippen molar-refractivity contribution in [1.29, 1.82) is 5.26 Å². The molecule has 0 aliphatic heterocycles. The Hall–Kier alpha value is -1.68. The van der Waals surface area contributed by atoms with E-state index in [2.05, 4.69) is 0 Å². The second-order valence-electron chi connectivity index (χ2n) is 3.30. The van der Waals surface area contributed by atoms with E-state index in [0.717, 1.165) is 18.2 Å². The van der Waals surface area contributed by atoms with Gasteiger partial charge in [0.25, 0.3) is 0 Å². The molecule has 0 amide bonds. The maximum absolute atomic E-state index is 12.8. The number of halogens is 2. The summed E-state index contributed by atoms with van der Waals surface area (Å²) in [6, 6.07) is 4.23. The fraction of sp³-hybridized carbons (Fsp3) is 0.300. The summed E-state index contributed by atoms with van der Waals surface area (Å²) in [6.45, 7) is 1.54. The third kappa shape index (κ3) is 3.14. The minimum absolute atomic E-state index is 0.107. The first-order valence-corrected chi connectivity index (χ1v) is 6.31. The highest BCUT2D eigenvalue weighted by Crippen LogP contribution is 2.16. The quantitative estimate of drug-likeness (QED) is 0.900. The van der Waals surface area contributed by atoms with Crippen LogP contribution < -0.4 is 4.72 Å². The van der Waals surface area contributed by atoms with E-state index in [1.54, 1.807) is 13.0 Å². The van der Waals surface area contributed by atoms with Gasteiger partial charge in [-0.3, -0.25) is 4.72 Å². The molecule has 0 heterocycles. The normalized spacial score (nSPS) is 12.8. The van der Waals surface area contributed by atoms with Gasteiger partial charge in [-0.2, -0.15) is 5.26 Å². The van der Waals surface area contributed by atoms with Crippen LogP contribution in [-0.2, 0) is 10.0 Å². The molecule has 0 spiro atoms. The van der Waals surface area contributed by atoms with Crippen molar-refractivity contribution in [3.63, 3.8) is 0 Å². The zero-order valence-electron chi connectivity index (χ0n) is 8.94. The largest absolute Gasteiger partial charge is 0.282 e. The Morgan fingerprint density at radius 3 is 2.53 bits per heavy atom. The zero-order chi connectivity index (χ0) is 13.1. The lowest BCUT2D eigenvalue weighted by Crippen LogP contribution is -2.26. The van der Waals surface area contributed by atoms with E-state index in [1.165, 1.54) is 0 Å². The SMILES string of the molecule is CCC(C#N)S(=O)(=O)Nc1ccc(F)c(F)c1. The zero-order valence-corrected chi connectivity index (χ0v) is 9.76. The number of hydrogen-bond donors (Lipinski definition) is 1. The van der Waals surface area contributed by atoms with Crippen molar-refractivity contribution in [1.82, 2.24) is 0 Å². The van der Waals surface area contributed by atoms with Crippen molar-refractivity contribution in [2.45, 2.75) is 18.6 Å². The molecule has 1 atom stereocenters. The summed E-state index contributed by atoms with van der Waals surface area (Å²) in [7, 11) is -3.91. The number of nitrogens with zero attached hydrogens (tertiary/aromatic N) is 1. The molecule has 0 radical (unpaired) electrons. The second kappa shape index (κ2) is 5.10. The molecule has 0 fully saturated rings. The Labute approximate surface area is 97.9 Å². The van der Waals surface area contributed by atoms with Gasteiger partial charge in [0, 0.05) is 6.07 Å². The smallest absolute Gasteiger partial charge is 0.249 e. The standard InChI is InChI=1S/C10H10F2N2O2S/c1-2-8(6-13)17(15,16)14-7-3-4-9(11)10(12)5-7/h3-5,8,14H,2H2,1H3. The van der Waals surface area contributed by atoms with Gasteiger partial charge in [0.2, 0.25) is 10.0 Å². The minimum Gasteiger partial charge on any atom is -0.282 e. The van der Waals surface area contributed by atoms with Crippen LogP contribution in [0.3, 0.4) is 0 Å². The van der Waals surface area contributed by atoms with Crippen LogP contribution in [0.4, 0.5) is 14.5 Å². The average molecular weight is 260 g/mol. The number of anilines is 1. The van der Waals surface area contributed by atoms with Gasteiger partial charge in [-0.25, -0.2) is 17.2 Å². The molecule has 1 rings (SSSR count). The van der Waals surface area contributed by atoms with E-state index in [9.17, 15) is 17.2 Å². The van der Waals surface area contributed by atoms with Gasteiger partial charge < -0.3 is 0 Å². The van der Waals surface area contributed by atoms with E-state index in [-0.39, 0.29) is 12.1 Å². The minimum atomic E-state index is -3.91. The van der Waals surface area contributed by atoms with Crippen LogP contribution in [0, 0.1) is 23.0 Å². The van der Waals surface area contributed by atoms with Gasteiger partial charge in [-0.1, -0.05) is 6.92 Å². The van der Waals surface area contributed by atoms with E-state index in [0.29, 0.717) is 0 Å². The maximum Gasteiger partial charge on any atom is 0.249 e. The van der Waals surface area contributed by atoms with Crippen LogP contribution in [0.25, 0.3) is 0 Å². The predicted molar refractivity (Wildman–Crippen MR) is 58.6 cm³/mol. The van der Waals surface area contributed by atoms with Crippen molar-refractivity contribution in [2.24, 2.45) is 0 Å². The molecule has 7 heteroatoms. The second-order valence-corrected chi connectivity index (χ2v) is 5.17. The Morgan fingerprint density at radius 1 is 1.41 bits per heavy atom. The molecule has 1 aromatic rings. The van der Waals surface area contributed by atoms with Crippen LogP contribution >= 0.6 is 0 Å². The lowest BCUT2D eigenvalue weighted by Gasteiger charge is -2.11. The molecule has 0 aromatic heterocycles. The van der Waals surface area contributed by atoms with Crippen LogP contribution in [-0.4, -0.2) is 13.7 Å².